The minimum Gasteiger partial charge on any atom is -0.378 e. The van der Waals surface area contributed by atoms with Crippen LogP contribution in [0.5, 0.6) is 0 Å². The molecular weight excluding hydrogens is 461 g/mol. The fraction of sp³-hybridized carbons (Fsp3) is 0.320. The maximum absolute atomic E-state index is 13.1. The number of hydrogen-bond donors (Lipinski definition) is 2. The van der Waals surface area contributed by atoms with Gasteiger partial charge in [-0.2, -0.15) is 0 Å². The maximum Gasteiger partial charge on any atom is 0.256 e. The fourth-order valence-electron chi connectivity index (χ4n) is 4.60. The number of aryl methyl sites for hydroxylation is 1. The largest absolute Gasteiger partial charge is 0.378 e. The van der Waals surface area contributed by atoms with E-state index < -0.39 is 12.0 Å². The Morgan fingerprint density at radius 1 is 1.12 bits per heavy atom. The lowest BCUT2D eigenvalue weighted by molar-refractivity contribution is -0.141. The highest BCUT2D eigenvalue weighted by molar-refractivity contribution is 6.30. The van der Waals surface area contributed by atoms with Crippen molar-refractivity contribution in [3.8, 4) is 0 Å². The van der Waals surface area contributed by atoms with E-state index in [0.717, 1.165) is 24.1 Å². The molecule has 170 valence electrons. The van der Waals surface area contributed by atoms with Gasteiger partial charge in [0.25, 0.3) is 11.5 Å². The SMILES string of the molecule is O=C([C@H](O)c1cccc(Cl)c1)N1CCCc2nc(C3(c4cccc(Cl)c4)CC3)[nH]c(=O)c2C1. The first-order valence-corrected chi connectivity index (χ1v) is 11.7. The van der Waals surface area contributed by atoms with Crippen molar-refractivity contribution >= 4 is 29.1 Å². The quantitative estimate of drug-likeness (QED) is 0.582. The average molecular weight is 484 g/mol. The van der Waals surface area contributed by atoms with Gasteiger partial charge in [-0.15, -0.1) is 0 Å². The van der Waals surface area contributed by atoms with E-state index in [9.17, 15) is 14.7 Å². The Bertz CT molecular complexity index is 1290. The van der Waals surface area contributed by atoms with Crippen LogP contribution in [0.4, 0.5) is 0 Å². The molecule has 0 spiro atoms. The van der Waals surface area contributed by atoms with Crippen LogP contribution in [0.15, 0.2) is 53.3 Å². The minimum absolute atomic E-state index is 0.110. The molecule has 0 bridgehead atoms. The van der Waals surface area contributed by atoms with Gasteiger partial charge in [-0.05, 0) is 61.1 Å². The van der Waals surface area contributed by atoms with Gasteiger partial charge in [-0.3, -0.25) is 9.59 Å². The van der Waals surface area contributed by atoms with E-state index in [1.54, 1.807) is 24.3 Å². The summed E-state index contributed by atoms with van der Waals surface area (Å²) in [7, 11) is 0. The Balaban J connectivity index is 1.43. The highest BCUT2D eigenvalue weighted by atomic mass is 35.5. The Morgan fingerprint density at radius 3 is 2.55 bits per heavy atom. The molecule has 0 radical (unpaired) electrons. The normalized spacial score (nSPS) is 17.7. The molecule has 8 heteroatoms. The number of rotatable bonds is 4. The Kier molecular flexibility index (Phi) is 5.77. The average Bonchev–Trinajstić information content (AvgIpc) is 3.62. The topological polar surface area (TPSA) is 86.3 Å². The first-order chi connectivity index (χ1) is 15.9. The number of hydrogen-bond acceptors (Lipinski definition) is 4. The predicted molar refractivity (Wildman–Crippen MR) is 126 cm³/mol. The molecule has 1 saturated carbocycles. The number of aromatic nitrogens is 2. The number of aliphatic hydroxyl groups is 1. The molecule has 2 aliphatic rings. The Hall–Kier alpha value is -2.67. The molecule has 1 amide bonds. The highest BCUT2D eigenvalue weighted by Crippen LogP contribution is 2.52. The van der Waals surface area contributed by atoms with Crippen LogP contribution in [0.3, 0.4) is 0 Å². The van der Waals surface area contributed by atoms with E-state index in [0.29, 0.717) is 46.4 Å². The molecule has 3 aromatic rings. The number of halogens is 2. The van der Waals surface area contributed by atoms with Crippen LogP contribution in [0.2, 0.25) is 10.0 Å². The third-order valence-corrected chi connectivity index (χ3v) is 7.05. The van der Waals surface area contributed by atoms with Gasteiger partial charge in [0, 0.05) is 16.6 Å². The zero-order valence-corrected chi connectivity index (χ0v) is 19.4. The van der Waals surface area contributed by atoms with E-state index in [-0.39, 0.29) is 17.5 Å². The minimum atomic E-state index is -1.34. The van der Waals surface area contributed by atoms with Crippen LogP contribution < -0.4 is 5.56 Å². The molecule has 2 aromatic carbocycles. The van der Waals surface area contributed by atoms with Crippen LogP contribution in [-0.2, 0) is 23.2 Å². The van der Waals surface area contributed by atoms with Gasteiger partial charge in [0.2, 0.25) is 0 Å². The van der Waals surface area contributed by atoms with E-state index in [1.165, 1.54) is 4.90 Å². The first kappa shape index (κ1) is 22.1. The standard InChI is InChI=1S/C25H23Cl2N3O3/c26-17-6-1-4-15(12-17)21(31)23(33)30-11-3-8-20-19(14-30)22(32)29-24(28-20)25(9-10-25)16-5-2-7-18(27)13-16/h1-2,4-7,12-13,21,31H,3,8-11,14H2,(H,28,29,32)/t21-/m1/s1. The van der Waals surface area contributed by atoms with Crippen LogP contribution in [-0.4, -0.2) is 32.4 Å². The summed E-state index contributed by atoms with van der Waals surface area (Å²) in [6.45, 7) is 0.541. The number of fused-ring (bicyclic) bond motifs is 1. The van der Waals surface area contributed by atoms with Crippen molar-refractivity contribution in [2.45, 2.75) is 43.7 Å². The second kappa shape index (κ2) is 8.60. The summed E-state index contributed by atoms with van der Waals surface area (Å²) in [5.74, 6) is 0.207. The van der Waals surface area contributed by atoms with E-state index in [1.807, 2.05) is 24.3 Å². The first-order valence-electron chi connectivity index (χ1n) is 11.0. The zero-order valence-electron chi connectivity index (χ0n) is 17.9. The lowest BCUT2D eigenvalue weighted by atomic mass is 9.94. The van der Waals surface area contributed by atoms with Crippen molar-refractivity contribution < 1.29 is 9.90 Å². The van der Waals surface area contributed by atoms with Crippen molar-refractivity contribution in [3.63, 3.8) is 0 Å². The smallest absolute Gasteiger partial charge is 0.256 e. The monoisotopic (exact) mass is 483 g/mol. The molecule has 1 atom stereocenters. The maximum atomic E-state index is 13.1. The molecule has 5 rings (SSSR count). The molecule has 1 aliphatic heterocycles. The van der Waals surface area contributed by atoms with Gasteiger partial charge in [0.05, 0.1) is 23.2 Å². The van der Waals surface area contributed by atoms with Crippen molar-refractivity contribution in [1.29, 1.82) is 0 Å². The number of aliphatic hydroxyl groups excluding tert-OH is 1. The summed E-state index contributed by atoms with van der Waals surface area (Å²) in [5, 5.41) is 11.7. The number of carbonyl (C=O) groups excluding carboxylic acids is 1. The molecule has 0 unspecified atom stereocenters. The molecule has 1 aromatic heterocycles. The summed E-state index contributed by atoms with van der Waals surface area (Å²) >= 11 is 12.2. The van der Waals surface area contributed by atoms with Crippen LogP contribution in [0.1, 0.15) is 53.6 Å². The zero-order chi connectivity index (χ0) is 23.2. The van der Waals surface area contributed by atoms with Crippen LogP contribution in [0, 0.1) is 0 Å². The van der Waals surface area contributed by atoms with Gasteiger partial charge in [-0.1, -0.05) is 47.5 Å². The number of nitrogens with one attached hydrogen (secondary N) is 1. The summed E-state index contributed by atoms with van der Waals surface area (Å²) < 4.78 is 0. The summed E-state index contributed by atoms with van der Waals surface area (Å²) in [6.07, 6.45) is 1.70. The second-order valence-corrected chi connectivity index (χ2v) is 9.63. The number of aromatic amines is 1. The van der Waals surface area contributed by atoms with Gasteiger partial charge in [0.1, 0.15) is 5.82 Å². The summed E-state index contributed by atoms with van der Waals surface area (Å²) in [5.41, 5.74) is 2.12. The highest BCUT2D eigenvalue weighted by Gasteiger charge is 2.48. The fourth-order valence-corrected chi connectivity index (χ4v) is 4.99. The summed E-state index contributed by atoms with van der Waals surface area (Å²) in [4.78, 5) is 35.5. The Morgan fingerprint density at radius 2 is 1.85 bits per heavy atom. The number of amides is 1. The van der Waals surface area contributed by atoms with Crippen molar-refractivity contribution in [1.82, 2.24) is 14.9 Å². The van der Waals surface area contributed by atoms with Crippen LogP contribution in [0.25, 0.3) is 0 Å². The Labute approximate surface area is 201 Å². The lowest BCUT2D eigenvalue weighted by Gasteiger charge is -2.24. The number of carbonyl (C=O) groups is 1. The molecule has 2 heterocycles. The van der Waals surface area contributed by atoms with Crippen LogP contribution >= 0.6 is 23.2 Å². The third-order valence-electron chi connectivity index (χ3n) is 6.58. The lowest BCUT2D eigenvalue weighted by Crippen LogP contribution is -2.36. The van der Waals surface area contributed by atoms with E-state index in [4.69, 9.17) is 28.2 Å². The molecule has 2 N–H and O–H groups in total. The molecule has 0 saturated heterocycles. The molecule has 6 nitrogen and oxygen atoms in total. The molecular formula is C25H23Cl2N3O3. The number of H-pyrrole nitrogens is 1. The molecule has 1 fully saturated rings. The van der Waals surface area contributed by atoms with Gasteiger partial charge in [-0.25, -0.2) is 4.98 Å². The molecule has 33 heavy (non-hydrogen) atoms. The van der Waals surface area contributed by atoms with Crippen molar-refractivity contribution in [2.24, 2.45) is 0 Å². The van der Waals surface area contributed by atoms with Gasteiger partial charge >= 0.3 is 0 Å². The van der Waals surface area contributed by atoms with Gasteiger partial charge in [0.15, 0.2) is 6.10 Å². The van der Waals surface area contributed by atoms with E-state index in [2.05, 4.69) is 4.98 Å². The predicted octanol–water partition coefficient (Wildman–Crippen LogP) is 4.17. The molecule has 1 aliphatic carbocycles. The van der Waals surface area contributed by atoms with Crippen molar-refractivity contribution in [2.75, 3.05) is 6.54 Å². The second-order valence-electron chi connectivity index (χ2n) is 8.75. The number of nitrogens with zero attached hydrogens (tertiary/aromatic N) is 2. The van der Waals surface area contributed by atoms with E-state index >= 15 is 0 Å². The third kappa shape index (κ3) is 4.19. The summed E-state index contributed by atoms with van der Waals surface area (Å²) in [6, 6.07) is 14.3. The van der Waals surface area contributed by atoms with Crippen molar-refractivity contribution in [3.05, 3.63) is 97.1 Å². The van der Waals surface area contributed by atoms with Gasteiger partial charge < -0.3 is 15.0 Å². The number of benzene rings is 2.